The largest absolute Gasteiger partial charge is 0.348 e. The van der Waals surface area contributed by atoms with Gasteiger partial charge in [0.15, 0.2) is 5.69 Å². The number of nitrogens with zero attached hydrogens (tertiary/aromatic N) is 3. The molecule has 1 saturated heterocycles. The van der Waals surface area contributed by atoms with Crippen LogP contribution >= 0.6 is 0 Å². The van der Waals surface area contributed by atoms with Gasteiger partial charge in [-0.15, -0.1) is 0 Å². The van der Waals surface area contributed by atoms with E-state index in [2.05, 4.69) is 26.0 Å². The Kier molecular flexibility index (Phi) is 4.51. The predicted octanol–water partition coefficient (Wildman–Crippen LogP) is 1.23. The molecule has 3 rings (SSSR count). The lowest BCUT2D eigenvalue weighted by Gasteiger charge is -2.32. The number of urea groups is 1. The lowest BCUT2D eigenvalue weighted by molar-refractivity contribution is 0.0914. The van der Waals surface area contributed by atoms with E-state index in [-0.39, 0.29) is 23.7 Å². The smallest absolute Gasteiger partial charge is 0.321 e. The van der Waals surface area contributed by atoms with Crippen LogP contribution in [0, 0.1) is 0 Å². The molecule has 0 atom stereocenters. The van der Waals surface area contributed by atoms with Crippen molar-refractivity contribution in [1.29, 1.82) is 0 Å². The van der Waals surface area contributed by atoms with Crippen molar-refractivity contribution in [2.24, 2.45) is 0 Å². The fourth-order valence-corrected chi connectivity index (χ4v) is 2.52. The van der Waals surface area contributed by atoms with Gasteiger partial charge < -0.3 is 15.5 Å². The van der Waals surface area contributed by atoms with E-state index in [1.807, 2.05) is 30.3 Å². The number of piperidine rings is 1. The van der Waals surface area contributed by atoms with Crippen LogP contribution in [0.1, 0.15) is 23.3 Å². The number of anilines is 1. The Balaban J connectivity index is 1.46. The van der Waals surface area contributed by atoms with E-state index in [0.29, 0.717) is 25.9 Å². The summed E-state index contributed by atoms with van der Waals surface area (Å²) in [5.74, 6) is -0.245. The molecule has 3 N–H and O–H groups in total. The van der Waals surface area contributed by atoms with E-state index < -0.39 is 0 Å². The highest BCUT2D eigenvalue weighted by atomic mass is 16.2. The summed E-state index contributed by atoms with van der Waals surface area (Å²) in [4.78, 5) is 25.8. The molecule has 0 bridgehead atoms. The van der Waals surface area contributed by atoms with E-state index in [4.69, 9.17) is 0 Å². The van der Waals surface area contributed by atoms with Crippen molar-refractivity contribution >= 4 is 17.6 Å². The van der Waals surface area contributed by atoms with Gasteiger partial charge in [-0.25, -0.2) is 4.79 Å². The number of likely N-dealkylation sites (tertiary alicyclic amines) is 1. The van der Waals surface area contributed by atoms with Crippen molar-refractivity contribution in [2.75, 3.05) is 18.4 Å². The van der Waals surface area contributed by atoms with Crippen LogP contribution in [0.25, 0.3) is 0 Å². The third-order valence-electron chi connectivity index (χ3n) is 3.79. The molecule has 0 spiro atoms. The number of hydrogen-bond donors (Lipinski definition) is 3. The fourth-order valence-electron chi connectivity index (χ4n) is 2.52. The first-order chi connectivity index (χ1) is 11.2. The lowest BCUT2D eigenvalue weighted by atomic mass is 10.1. The number of aromatic amines is 1. The molecule has 0 saturated carbocycles. The Hall–Kier alpha value is -2.90. The van der Waals surface area contributed by atoms with Crippen LogP contribution < -0.4 is 10.6 Å². The molecule has 1 aliphatic rings. The molecule has 3 amide bonds. The lowest BCUT2D eigenvalue weighted by Crippen LogP contribution is -2.47. The summed E-state index contributed by atoms with van der Waals surface area (Å²) in [5.41, 5.74) is 1.05. The first-order valence-corrected chi connectivity index (χ1v) is 7.50. The molecular weight excluding hydrogens is 296 g/mol. The molecule has 23 heavy (non-hydrogen) atoms. The van der Waals surface area contributed by atoms with Crippen molar-refractivity contribution in [3.05, 3.63) is 42.2 Å². The zero-order valence-corrected chi connectivity index (χ0v) is 12.5. The Bertz CT molecular complexity index is 650. The number of amides is 3. The topological polar surface area (TPSA) is 103 Å². The average Bonchev–Trinajstić information content (AvgIpc) is 3.11. The number of carbonyl (C=O) groups excluding carboxylic acids is 2. The van der Waals surface area contributed by atoms with Gasteiger partial charge >= 0.3 is 6.03 Å². The number of para-hydroxylation sites is 1. The minimum Gasteiger partial charge on any atom is -0.348 e. The molecular formula is C15H18N6O2. The third kappa shape index (κ3) is 3.85. The molecule has 2 heterocycles. The first-order valence-electron chi connectivity index (χ1n) is 7.50. The second kappa shape index (κ2) is 6.91. The molecule has 1 aliphatic heterocycles. The summed E-state index contributed by atoms with van der Waals surface area (Å²) in [7, 11) is 0. The van der Waals surface area contributed by atoms with E-state index in [0.717, 1.165) is 5.69 Å². The van der Waals surface area contributed by atoms with Crippen molar-refractivity contribution in [3.63, 3.8) is 0 Å². The van der Waals surface area contributed by atoms with Crippen LogP contribution in [0.15, 0.2) is 36.5 Å². The number of hydrogen-bond acceptors (Lipinski definition) is 4. The molecule has 1 fully saturated rings. The molecule has 0 unspecified atom stereocenters. The van der Waals surface area contributed by atoms with Crippen LogP contribution in [0.2, 0.25) is 0 Å². The minimum atomic E-state index is -0.245. The van der Waals surface area contributed by atoms with Gasteiger partial charge in [0.1, 0.15) is 0 Å². The van der Waals surface area contributed by atoms with Gasteiger partial charge in [-0.1, -0.05) is 18.2 Å². The van der Waals surface area contributed by atoms with Crippen LogP contribution in [0.3, 0.4) is 0 Å². The standard InChI is InChI=1S/C15H18N6O2/c22-14(13-10-16-20-19-13)17-12-6-8-21(9-7-12)15(23)18-11-4-2-1-3-5-11/h1-5,10,12H,6-9H2,(H,17,22)(H,18,23)(H,16,19,20). The van der Waals surface area contributed by atoms with Crippen molar-refractivity contribution < 1.29 is 9.59 Å². The molecule has 2 aromatic rings. The highest BCUT2D eigenvalue weighted by molar-refractivity contribution is 5.92. The molecule has 8 nitrogen and oxygen atoms in total. The molecule has 1 aromatic carbocycles. The summed E-state index contributed by atoms with van der Waals surface area (Å²) in [6.07, 6.45) is 2.81. The maximum atomic E-state index is 12.2. The van der Waals surface area contributed by atoms with Crippen molar-refractivity contribution in [1.82, 2.24) is 25.6 Å². The van der Waals surface area contributed by atoms with E-state index in [1.165, 1.54) is 6.20 Å². The summed E-state index contributed by atoms with van der Waals surface area (Å²) in [5, 5.41) is 15.6. The van der Waals surface area contributed by atoms with Gasteiger partial charge in [-0.3, -0.25) is 4.79 Å². The van der Waals surface area contributed by atoms with Crippen molar-refractivity contribution in [3.8, 4) is 0 Å². The molecule has 0 radical (unpaired) electrons. The Morgan fingerprint density at radius 3 is 2.57 bits per heavy atom. The molecule has 120 valence electrons. The Morgan fingerprint density at radius 2 is 1.91 bits per heavy atom. The fraction of sp³-hybridized carbons (Fsp3) is 0.333. The molecule has 0 aliphatic carbocycles. The number of aromatic nitrogens is 3. The molecule has 1 aromatic heterocycles. The molecule has 8 heteroatoms. The average molecular weight is 314 g/mol. The highest BCUT2D eigenvalue weighted by Gasteiger charge is 2.24. The summed E-state index contributed by atoms with van der Waals surface area (Å²) < 4.78 is 0. The predicted molar refractivity (Wildman–Crippen MR) is 83.9 cm³/mol. The summed E-state index contributed by atoms with van der Waals surface area (Å²) >= 11 is 0. The summed E-state index contributed by atoms with van der Waals surface area (Å²) in [6.45, 7) is 1.20. The quantitative estimate of drug-likeness (QED) is 0.792. The number of benzene rings is 1. The zero-order chi connectivity index (χ0) is 16.1. The van der Waals surface area contributed by atoms with Gasteiger partial charge in [0.25, 0.3) is 5.91 Å². The summed E-state index contributed by atoms with van der Waals surface area (Å²) in [6, 6.07) is 9.28. The normalized spacial score (nSPS) is 15.2. The maximum Gasteiger partial charge on any atom is 0.321 e. The van der Waals surface area contributed by atoms with Crippen LogP contribution in [-0.4, -0.2) is 51.4 Å². The number of nitrogens with one attached hydrogen (secondary N) is 3. The third-order valence-corrected chi connectivity index (χ3v) is 3.79. The maximum absolute atomic E-state index is 12.2. The van der Waals surface area contributed by atoms with Crippen LogP contribution in [0.4, 0.5) is 10.5 Å². The highest BCUT2D eigenvalue weighted by Crippen LogP contribution is 2.13. The van der Waals surface area contributed by atoms with E-state index in [9.17, 15) is 9.59 Å². The van der Waals surface area contributed by atoms with E-state index >= 15 is 0 Å². The second-order valence-electron chi connectivity index (χ2n) is 5.39. The van der Waals surface area contributed by atoms with Gasteiger partial charge in [0, 0.05) is 24.8 Å². The van der Waals surface area contributed by atoms with Crippen LogP contribution in [0.5, 0.6) is 0 Å². The zero-order valence-electron chi connectivity index (χ0n) is 12.5. The number of rotatable bonds is 3. The second-order valence-corrected chi connectivity index (χ2v) is 5.39. The monoisotopic (exact) mass is 314 g/mol. The number of H-pyrrole nitrogens is 1. The van der Waals surface area contributed by atoms with Gasteiger partial charge in [0.05, 0.1) is 6.20 Å². The van der Waals surface area contributed by atoms with Crippen LogP contribution in [-0.2, 0) is 0 Å². The van der Waals surface area contributed by atoms with Gasteiger partial charge in [0.2, 0.25) is 0 Å². The number of carbonyl (C=O) groups is 2. The van der Waals surface area contributed by atoms with Gasteiger partial charge in [-0.2, -0.15) is 15.4 Å². The van der Waals surface area contributed by atoms with E-state index in [1.54, 1.807) is 4.90 Å². The Morgan fingerprint density at radius 1 is 1.17 bits per heavy atom. The Labute approximate surface area is 133 Å². The first kappa shape index (κ1) is 15.0. The van der Waals surface area contributed by atoms with Gasteiger partial charge in [-0.05, 0) is 25.0 Å². The SMILES string of the molecule is O=C(NC1CCN(C(=O)Nc2ccccc2)CC1)c1cn[nH]n1. The minimum absolute atomic E-state index is 0.0416. The van der Waals surface area contributed by atoms with Crippen molar-refractivity contribution in [2.45, 2.75) is 18.9 Å².